The van der Waals surface area contributed by atoms with Gasteiger partial charge < -0.3 is 16.4 Å². The maximum atomic E-state index is 11.5. The number of rotatable bonds is 5. The van der Waals surface area contributed by atoms with E-state index < -0.39 is 5.91 Å². The topological polar surface area (TPSA) is 85.2 Å². The summed E-state index contributed by atoms with van der Waals surface area (Å²) < 4.78 is 0. The van der Waals surface area contributed by atoms with Gasteiger partial charge >= 0.3 is 0 Å². The standard InChI is InChI=1S/C16H20N4O/c1-3-11-4-6-12(7-5-11)10-20(2)16-14(15(18)21)8-13(17)9-19-16/h4-9H,3,10,17H2,1-2H3,(H2,18,21). The van der Waals surface area contributed by atoms with Crippen molar-refractivity contribution in [2.75, 3.05) is 17.7 Å². The van der Waals surface area contributed by atoms with E-state index in [1.54, 1.807) is 6.07 Å². The van der Waals surface area contributed by atoms with Crippen LogP contribution >= 0.6 is 0 Å². The van der Waals surface area contributed by atoms with Crippen molar-refractivity contribution < 1.29 is 4.79 Å². The zero-order valence-corrected chi connectivity index (χ0v) is 12.3. The molecule has 0 radical (unpaired) electrons. The Hall–Kier alpha value is -2.56. The van der Waals surface area contributed by atoms with Crippen LogP contribution in [0.4, 0.5) is 11.5 Å². The monoisotopic (exact) mass is 284 g/mol. The number of amides is 1. The Morgan fingerprint density at radius 1 is 1.24 bits per heavy atom. The molecule has 0 spiro atoms. The molecular weight excluding hydrogens is 264 g/mol. The Morgan fingerprint density at radius 2 is 1.86 bits per heavy atom. The lowest BCUT2D eigenvalue weighted by Gasteiger charge is -2.20. The predicted molar refractivity (Wildman–Crippen MR) is 85.1 cm³/mol. The first kappa shape index (κ1) is 14.8. The highest BCUT2D eigenvalue weighted by molar-refractivity contribution is 5.98. The summed E-state index contributed by atoms with van der Waals surface area (Å²) in [6.45, 7) is 2.76. The molecule has 1 amide bonds. The number of pyridine rings is 1. The van der Waals surface area contributed by atoms with E-state index in [1.807, 2.05) is 11.9 Å². The third-order valence-corrected chi connectivity index (χ3v) is 3.37. The highest BCUT2D eigenvalue weighted by Crippen LogP contribution is 2.20. The fraction of sp³-hybridized carbons (Fsp3) is 0.250. The first-order valence-electron chi connectivity index (χ1n) is 6.85. The number of aromatic nitrogens is 1. The van der Waals surface area contributed by atoms with Crippen molar-refractivity contribution in [1.29, 1.82) is 0 Å². The summed E-state index contributed by atoms with van der Waals surface area (Å²) in [5.41, 5.74) is 14.3. The van der Waals surface area contributed by atoms with Crippen molar-refractivity contribution in [3.05, 3.63) is 53.2 Å². The number of aryl methyl sites for hydroxylation is 1. The molecule has 1 aromatic carbocycles. The minimum absolute atomic E-state index is 0.336. The van der Waals surface area contributed by atoms with E-state index in [4.69, 9.17) is 11.5 Å². The summed E-state index contributed by atoms with van der Waals surface area (Å²) in [4.78, 5) is 17.6. The fourth-order valence-electron chi connectivity index (χ4n) is 2.19. The van der Waals surface area contributed by atoms with Crippen LogP contribution < -0.4 is 16.4 Å². The Morgan fingerprint density at radius 3 is 2.43 bits per heavy atom. The van der Waals surface area contributed by atoms with Gasteiger partial charge in [-0.2, -0.15) is 0 Å². The largest absolute Gasteiger partial charge is 0.397 e. The number of primary amides is 1. The normalized spacial score (nSPS) is 10.4. The molecule has 5 nitrogen and oxygen atoms in total. The van der Waals surface area contributed by atoms with E-state index in [0.29, 0.717) is 23.6 Å². The molecule has 21 heavy (non-hydrogen) atoms. The van der Waals surface area contributed by atoms with E-state index in [9.17, 15) is 4.79 Å². The molecule has 0 bridgehead atoms. The lowest BCUT2D eigenvalue weighted by Crippen LogP contribution is -2.23. The molecule has 5 heteroatoms. The quantitative estimate of drug-likeness (QED) is 0.879. The zero-order chi connectivity index (χ0) is 15.4. The van der Waals surface area contributed by atoms with Gasteiger partial charge in [-0.1, -0.05) is 31.2 Å². The molecule has 0 aliphatic rings. The number of hydrogen-bond donors (Lipinski definition) is 2. The van der Waals surface area contributed by atoms with E-state index in [1.165, 1.54) is 11.8 Å². The second-order valence-corrected chi connectivity index (χ2v) is 5.03. The number of nitrogen functional groups attached to an aromatic ring is 1. The van der Waals surface area contributed by atoms with Gasteiger partial charge in [-0.05, 0) is 23.6 Å². The third-order valence-electron chi connectivity index (χ3n) is 3.37. The maximum Gasteiger partial charge on any atom is 0.252 e. The highest BCUT2D eigenvalue weighted by Gasteiger charge is 2.14. The third kappa shape index (κ3) is 3.51. The van der Waals surface area contributed by atoms with Gasteiger partial charge in [-0.25, -0.2) is 4.98 Å². The van der Waals surface area contributed by atoms with Crippen molar-refractivity contribution >= 4 is 17.4 Å². The summed E-state index contributed by atoms with van der Waals surface area (Å²) >= 11 is 0. The molecule has 0 unspecified atom stereocenters. The molecule has 0 saturated heterocycles. The second kappa shape index (κ2) is 6.26. The molecule has 4 N–H and O–H groups in total. The molecule has 0 aliphatic heterocycles. The fourth-order valence-corrected chi connectivity index (χ4v) is 2.19. The van der Waals surface area contributed by atoms with Gasteiger partial charge in [0.05, 0.1) is 17.4 Å². The summed E-state index contributed by atoms with van der Waals surface area (Å²) in [5, 5.41) is 0. The van der Waals surface area contributed by atoms with Crippen LogP contribution in [0.2, 0.25) is 0 Å². The average molecular weight is 284 g/mol. The molecule has 0 saturated carbocycles. The van der Waals surface area contributed by atoms with Gasteiger partial charge in [0.1, 0.15) is 5.82 Å². The first-order valence-corrected chi connectivity index (χ1v) is 6.85. The maximum absolute atomic E-state index is 11.5. The molecule has 0 aliphatic carbocycles. The minimum atomic E-state index is -0.530. The lowest BCUT2D eigenvalue weighted by molar-refractivity contribution is 0.100. The molecule has 1 heterocycles. The molecular formula is C16H20N4O. The van der Waals surface area contributed by atoms with Crippen LogP contribution in [0, 0.1) is 0 Å². The Bertz CT molecular complexity index is 637. The number of nitrogens with zero attached hydrogens (tertiary/aromatic N) is 2. The molecule has 110 valence electrons. The van der Waals surface area contributed by atoms with Crippen LogP contribution in [0.1, 0.15) is 28.4 Å². The molecule has 1 aromatic heterocycles. The summed E-state index contributed by atoms with van der Waals surface area (Å²) in [7, 11) is 1.87. The van der Waals surface area contributed by atoms with Gasteiger partial charge in [-0.3, -0.25) is 4.79 Å². The van der Waals surface area contributed by atoms with Gasteiger partial charge in [0.2, 0.25) is 0 Å². The highest BCUT2D eigenvalue weighted by atomic mass is 16.1. The SMILES string of the molecule is CCc1ccc(CN(C)c2ncc(N)cc2C(N)=O)cc1. The molecule has 2 aromatic rings. The van der Waals surface area contributed by atoms with Crippen molar-refractivity contribution in [1.82, 2.24) is 4.98 Å². The van der Waals surface area contributed by atoms with Crippen LogP contribution in [0.25, 0.3) is 0 Å². The van der Waals surface area contributed by atoms with Crippen LogP contribution in [0.15, 0.2) is 36.5 Å². The minimum Gasteiger partial charge on any atom is -0.397 e. The van der Waals surface area contributed by atoms with Crippen LogP contribution in [-0.2, 0) is 13.0 Å². The first-order chi connectivity index (χ1) is 10.0. The molecule has 0 fully saturated rings. The van der Waals surface area contributed by atoms with Crippen molar-refractivity contribution in [2.45, 2.75) is 19.9 Å². The van der Waals surface area contributed by atoms with E-state index in [0.717, 1.165) is 12.0 Å². The second-order valence-electron chi connectivity index (χ2n) is 5.03. The number of carbonyl (C=O) groups excluding carboxylic acids is 1. The smallest absolute Gasteiger partial charge is 0.252 e. The zero-order valence-electron chi connectivity index (χ0n) is 12.3. The number of anilines is 2. The van der Waals surface area contributed by atoms with Gasteiger partial charge in [0.25, 0.3) is 5.91 Å². The van der Waals surface area contributed by atoms with Crippen LogP contribution in [0.5, 0.6) is 0 Å². The van der Waals surface area contributed by atoms with Crippen molar-refractivity contribution in [3.8, 4) is 0 Å². The van der Waals surface area contributed by atoms with Crippen molar-refractivity contribution in [2.24, 2.45) is 5.73 Å². The lowest BCUT2D eigenvalue weighted by atomic mass is 10.1. The van der Waals surface area contributed by atoms with E-state index in [2.05, 4.69) is 36.2 Å². The number of nitrogens with two attached hydrogens (primary N) is 2. The van der Waals surface area contributed by atoms with E-state index >= 15 is 0 Å². The Labute approximate surface area is 124 Å². The Balaban J connectivity index is 2.23. The van der Waals surface area contributed by atoms with Crippen LogP contribution in [-0.4, -0.2) is 17.9 Å². The van der Waals surface area contributed by atoms with E-state index in [-0.39, 0.29) is 0 Å². The van der Waals surface area contributed by atoms with Gasteiger partial charge in [0, 0.05) is 13.6 Å². The number of carbonyl (C=O) groups is 1. The molecule has 2 rings (SSSR count). The van der Waals surface area contributed by atoms with Crippen molar-refractivity contribution in [3.63, 3.8) is 0 Å². The Kier molecular flexibility index (Phi) is 4.42. The predicted octanol–water partition coefficient (Wildman–Crippen LogP) is 1.96. The summed E-state index contributed by atoms with van der Waals surface area (Å²) in [5.74, 6) is 0.00856. The summed E-state index contributed by atoms with van der Waals surface area (Å²) in [6.07, 6.45) is 2.54. The van der Waals surface area contributed by atoms with Gasteiger partial charge in [-0.15, -0.1) is 0 Å². The van der Waals surface area contributed by atoms with Crippen LogP contribution in [0.3, 0.4) is 0 Å². The number of benzene rings is 1. The molecule has 0 atom stereocenters. The number of hydrogen-bond acceptors (Lipinski definition) is 4. The summed E-state index contributed by atoms with van der Waals surface area (Å²) in [6, 6.07) is 9.93. The average Bonchev–Trinajstić information content (AvgIpc) is 2.47. The van der Waals surface area contributed by atoms with Gasteiger partial charge in [0.15, 0.2) is 0 Å².